The zero-order valence-electron chi connectivity index (χ0n) is 11.1. The van der Waals surface area contributed by atoms with E-state index in [4.69, 9.17) is 16.3 Å². The quantitative estimate of drug-likeness (QED) is 0.797. The molecule has 1 aromatic carbocycles. The van der Waals surface area contributed by atoms with Crippen molar-refractivity contribution < 1.29 is 4.74 Å². The Hall–Kier alpha value is -2.67. The summed E-state index contributed by atoms with van der Waals surface area (Å²) in [5, 5.41) is 7.20. The van der Waals surface area contributed by atoms with Gasteiger partial charge in [-0.05, 0) is 29.8 Å². The standard InChI is InChI=1S/C13H11ClN6O/c1-21-10-5-2-4-9(8-10)16-12-17-11(14)18-13(19-12)20-7-3-6-15-20/h2-8H,1H3,(H,16,17,18,19). The van der Waals surface area contributed by atoms with Gasteiger partial charge < -0.3 is 10.1 Å². The summed E-state index contributed by atoms with van der Waals surface area (Å²) in [5.41, 5.74) is 0.781. The van der Waals surface area contributed by atoms with Crippen LogP contribution in [0, 0.1) is 0 Å². The fourth-order valence-electron chi connectivity index (χ4n) is 1.72. The van der Waals surface area contributed by atoms with E-state index >= 15 is 0 Å². The van der Waals surface area contributed by atoms with Crippen LogP contribution < -0.4 is 10.1 Å². The van der Waals surface area contributed by atoms with Crippen LogP contribution in [0.15, 0.2) is 42.7 Å². The van der Waals surface area contributed by atoms with Crippen LogP contribution in [0.4, 0.5) is 11.6 Å². The maximum absolute atomic E-state index is 5.92. The normalized spacial score (nSPS) is 10.4. The van der Waals surface area contributed by atoms with Crippen LogP contribution >= 0.6 is 11.6 Å². The maximum atomic E-state index is 5.92. The van der Waals surface area contributed by atoms with Crippen LogP contribution in [0.25, 0.3) is 5.95 Å². The predicted molar refractivity (Wildman–Crippen MR) is 78.2 cm³/mol. The average molecular weight is 303 g/mol. The Morgan fingerprint density at radius 1 is 1.19 bits per heavy atom. The van der Waals surface area contributed by atoms with Crippen molar-refractivity contribution in [2.24, 2.45) is 0 Å². The van der Waals surface area contributed by atoms with Gasteiger partial charge in [-0.15, -0.1) is 0 Å². The van der Waals surface area contributed by atoms with E-state index in [1.165, 1.54) is 4.68 Å². The summed E-state index contributed by atoms with van der Waals surface area (Å²) in [7, 11) is 1.61. The lowest BCUT2D eigenvalue weighted by Gasteiger charge is -2.08. The summed E-state index contributed by atoms with van der Waals surface area (Å²) in [6.45, 7) is 0. The number of nitrogens with one attached hydrogen (secondary N) is 1. The molecule has 2 aromatic heterocycles. The largest absolute Gasteiger partial charge is 0.497 e. The average Bonchev–Trinajstić information content (AvgIpc) is 3.01. The van der Waals surface area contributed by atoms with E-state index in [2.05, 4.69) is 25.4 Å². The van der Waals surface area contributed by atoms with Gasteiger partial charge in [0.1, 0.15) is 5.75 Å². The third-order valence-electron chi connectivity index (χ3n) is 2.63. The van der Waals surface area contributed by atoms with Crippen LogP contribution in [-0.4, -0.2) is 31.8 Å². The molecule has 0 atom stereocenters. The zero-order valence-corrected chi connectivity index (χ0v) is 11.8. The summed E-state index contributed by atoms with van der Waals surface area (Å²) >= 11 is 5.92. The number of anilines is 2. The molecule has 2 heterocycles. The molecule has 21 heavy (non-hydrogen) atoms. The second kappa shape index (κ2) is 5.76. The van der Waals surface area contributed by atoms with Crippen molar-refractivity contribution in [1.29, 1.82) is 0 Å². The second-order valence-electron chi connectivity index (χ2n) is 4.04. The molecule has 0 aliphatic rings. The number of rotatable bonds is 4. The molecule has 0 aliphatic carbocycles. The Labute approximate surface area is 125 Å². The molecule has 1 N–H and O–H groups in total. The topological polar surface area (TPSA) is 77.8 Å². The van der Waals surface area contributed by atoms with Crippen molar-refractivity contribution in [2.75, 3.05) is 12.4 Å². The lowest BCUT2D eigenvalue weighted by atomic mass is 10.3. The molecule has 3 aromatic rings. The van der Waals surface area contributed by atoms with Gasteiger partial charge in [0.15, 0.2) is 0 Å². The lowest BCUT2D eigenvalue weighted by molar-refractivity contribution is 0.415. The molecule has 0 bridgehead atoms. The van der Waals surface area contributed by atoms with Gasteiger partial charge in [0.25, 0.3) is 5.95 Å². The van der Waals surface area contributed by atoms with Gasteiger partial charge in [0.05, 0.1) is 7.11 Å². The Morgan fingerprint density at radius 2 is 2.10 bits per heavy atom. The lowest BCUT2D eigenvalue weighted by Crippen LogP contribution is -2.06. The van der Waals surface area contributed by atoms with Crippen LogP contribution in [-0.2, 0) is 0 Å². The third kappa shape index (κ3) is 3.09. The van der Waals surface area contributed by atoms with E-state index in [1.807, 2.05) is 24.3 Å². The molecule has 0 unspecified atom stereocenters. The first-order valence-corrected chi connectivity index (χ1v) is 6.45. The van der Waals surface area contributed by atoms with E-state index in [0.717, 1.165) is 11.4 Å². The van der Waals surface area contributed by atoms with E-state index in [-0.39, 0.29) is 5.28 Å². The van der Waals surface area contributed by atoms with Gasteiger partial charge in [0, 0.05) is 24.1 Å². The third-order valence-corrected chi connectivity index (χ3v) is 2.80. The van der Waals surface area contributed by atoms with Gasteiger partial charge in [-0.1, -0.05) is 6.07 Å². The molecule has 0 saturated carbocycles. The minimum absolute atomic E-state index is 0.0842. The monoisotopic (exact) mass is 302 g/mol. The van der Waals surface area contributed by atoms with Crippen molar-refractivity contribution in [3.8, 4) is 11.7 Å². The maximum Gasteiger partial charge on any atom is 0.256 e. The first-order valence-electron chi connectivity index (χ1n) is 6.07. The number of nitrogens with zero attached hydrogens (tertiary/aromatic N) is 5. The van der Waals surface area contributed by atoms with Crippen molar-refractivity contribution in [2.45, 2.75) is 0 Å². The summed E-state index contributed by atoms with van der Waals surface area (Å²) < 4.78 is 6.67. The minimum atomic E-state index is 0.0842. The SMILES string of the molecule is COc1cccc(Nc2nc(Cl)nc(-n3cccn3)n2)c1. The zero-order chi connectivity index (χ0) is 14.7. The number of hydrogen-bond donors (Lipinski definition) is 1. The molecule has 0 saturated heterocycles. The molecular formula is C13H11ClN6O. The Kier molecular flexibility index (Phi) is 3.65. The summed E-state index contributed by atoms with van der Waals surface area (Å²) in [4.78, 5) is 12.3. The fraction of sp³-hybridized carbons (Fsp3) is 0.0769. The summed E-state index contributed by atoms with van der Waals surface area (Å²) in [6, 6.07) is 9.17. The molecule has 8 heteroatoms. The number of aromatic nitrogens is 5. The molecule has 3 rings (SSSR count). The van der Waals surface area contributed by atoms with Crippen molar-refractivity contribution in [3.05, 3.63) is 48.0 Å². The molecule has 0 aliphatic heterocycles. The van der Waals surface area contributed by atoms with E-state index in [0.29, 0.717) is 11.9 Å². The fourth-order valence-corrected chi connectivity index (χ4v) is 1.87. The highest BCUT2D eigenvalue weighted by atomic mass is 35.5. The Morgan fingerprint density at radius 3 is 2.86 bits per heavy atom. The van der Waals surface area contributed by atoms with E-state index in [9.17, 15) is 0 Å². The summed E-state index contributed by atoms with van der Waals surface area (Å²) in [5.74, 6) is 1.40. The molecule has 0 fully saturated rings. The number of methoxy groups -OCH3 is 1. The Bertz CT molecular complexity index is 746. The summed E-state index contributed by atoms with van der Waals surface area (Å²) in [6.07, 6.45) is 3.36. The van der Waals surface area contributed by atoms with E-state index < -0.39 is 0 Å². The molecular weight excluding hydrogens is 292 g/mol. The highest BCUT2D eigenvalue weighted by Gasteiger charge is 2.07. The van der Waals surface area contributed by atoms with Crippen LogP contribution in [0.5, 0.6) is 5.75 Å². The van der Waals surface area contributed by atoms with Crippen LogP contribution in [0.1, 0.15) is 0 Å². The first kappa shape index (κ1) is 13.3. The predicted octanol–water partition coefficient (Wildman–Crippen LogP) is 2.46. The van der Waals surface area contributed by atoms with Crippen molar-refractivity contribution in [3.63, 3.8) is 0 Å². The van der Waals surface area contributed by atoms with Crippen LogP contribution in [0.2, 0.25) is 5.28 Å². The minimum Gasteiger partial charge on any atom is -0.497 e. The van der Waals surface area contributed by atoms with Crippen molar-refractivity contribution in [1.82, 2.24) is 24.7 Å². The highest BCUT2D eigenvalue weighted by Crippen LogP contribution is 2.20. The molecule has 0 amide bonds. The molecule has 7 nitrogen and oxygen atoms in total. The second-order valence-corrected chi connectivity index (χ2v) is 4.37. The highest BCUT2D eigenvalue weighted by molar-refractivity contribution is 6.28. The van der Waals surface area contributed by atoms with Gasteiger partial charge in [-0.2, -0.15) is 20.1 Å². The number of benzene rings is 1. The molecule has 0 spiro atoms. The number of ether oxygens (including phenoxy) is 1. The van der Waals surface area contributed by atoms with Gasteiger partial charge in [-0.25, -0.2) is 4.68 Å². The van der Waals surface area contributed by atoms with Gasteiger partial charge >= 0.3 is 0 Å². The van der Waals surface area contributed by atoms with Gasteiger partial charge in [-0.3, -0.25) is 0 Å². The number of hydrogen-bond acceptors (Lipinski definition) is 6. The molecule has 0 radical (unpaired) electrons. The van der Waals surface area contributed by atoms with E-state index in [1.54, 1.807) is 25.6 Å². The number of halogens is 1. The van der Waals surface area contributed by atoms with Crippen molar-refractivity contribution >= 4 is 23.2 Å². The first-order chi connectivity index (χ1) is 10.2. The van der Waals surface area contributed by atoms with Gasteiger partial charge in [0.2, 0.25) is 11.2 Å². The van der Waals surface area contributed by atoms with Crippen LogP contribution in [0.3, 0.4) is 0 Å². The smallest absolute Gasteiger partial charge is 0.256 e. The molecule has 106 valence electrons. The Balaban J connectivity index is 1.91.